The highest BCUT2D eigenvalue weighted by Crippen LogP contribution is 2.10. The van der Waals surface area contributed by atoms with Gasteiger partial charge in [-0.3, -0.25) is 4.79 Å². The topological polar surface area (TPSA) is 61.4 Å². The quantitative estimate of drug-likeness (QED) is 0.592. The fourth-order valence-corrected chi connectivity index (χ4v) is 1.07. The van der Waals surface area contributed by atoms with Gasteiger partial charge in [0.05, 0.1) is 0 Å². The van der Waals surface area contributed by atoms with Crippen LogP contribution in [0.1, 0.15) is 11.6 Å². The molecule has 0 radical (unpaired) electrons. The summed E-state index contributed by atoms with van der Waals surface area (Å²) >= 11 is 0. The number of carbonyl (C=O) groups is 1. The Balaban J connectivity index is 2.85. The van der Waals surface area contributed by atoms with E-state index in [0.717, 1.165) is 5.56 Å². The zero-order chi connectivity index (χ0) is 9.68. The Morgan fingerprint density at radius 1 is 1.38 bits per heavy atom. The molecule has 0 spiro atoms. The van der Waals surface area contributed by atoms with Gasteiger partial charge in [-0.2, -0.15) is 5.48 Å². The van der Waals surface area contributed by atoms with Crippen LogP contribution in [-0.2, 0) is 4.79 Å². The number of hydrogen-bond acceptors (Lipinski definition) is 3. The van der Waals surface area contributed by atoms with Crippen molar-refractivity contribution in [1.29, 1.82) is 0 Å². The second-order valence-corrected chi connectivity index (χ2v) is 2.59. The van der Waals surface area contributed by atoms with Crippen molar-refractivity contribution in [3.8, 4) is 0 Å². The molecule has 0 saturated heterocycles. The van der Waals surface area contributed by atoms with Crippen LogP contribution in [0.3, 0.4) is 0 Å². The molecule has 0 aromatic heterocycles. The molecule has 0 bridgehead atoms. The van der Waals surface area contributed by atoms with Gasteiger partial charge in [-0.25, -0.2) is 0 Å². The summed E-state index contributed by atoms with van der Waals surface area (Å²) < 4.78 is 0. The largest absolute Gasteiger partial charge is 0.357 e. The Morgan fingerprint density at radius 2 is 2.00 bits per heavy atom. The van der Waals surface area contributed by atoms with Crippen molar-refractivity contribution in [2.24, 2.45) is 0 Å². The van der Waals surface area contributed by atoms with Gasteiger partial charge in [-0.15, -0.1) is 0 Å². The molecule has 0 aliphatic heterocycles. The van der Waals surface area contributed by atoms with Crippen LogP contribution >= 0.6 is 0 Å². The molecule has 1 rings (SSSR count). The molecule has 0 aliphatic rings. The number of hydrogen-bond donors (Lipinski definition) is 3. The van der Waals surface area contributed by atoms with Gasteiger partial charge in [0, 0.05) is 7.05 Å². The van der Waals surface area contributed by atoms with Gasteiger partial charge in [0.1, 0.15) is 6.04 Å². The van der Waals surface area contributed by atoms with E-state index in [2.05, 4.69) is 5.32 Å². The fourth-order valence-electron chi connectivity index (χ4n) is 1.07. The van der Waals surface area contributed by atoms with Gasteiger partial charge < -0.3 is 10.5 Å². The minimum Gasteiger partial charge on any atom is -0.357 e. The molecule has 3 N–H and O–H groups in total. The van der Waals surface area contributed by atoms with Gasteiger partial charge in [0.25, 0.3) is 0 Å². The smallest absolute Gasteiger partial charge is 0.243 e. The zero-order valence-electron chi connectivity index (χ0n) is 7.32. The van der Waals surface area contributed by atoms with Crippen molar-refractivity contribution in [2.75, 3.05) is 7.05 Å². The van der Waals surface area contributed by atoms with Crippen LogP contribution in [0.4, 0.5) is 0 Å². The summed E-state index contributed by atoms with van der Waals surface area (Å²) in [5.41, 5.74) is 2.68. The van der Waals surface area contributed by atoms with Gasteiger partial charge in [-0.05, 0) is 5.56 Å². The van der Waals surface area contributed by atoms with Crippen LogP contribution in [-0.4, -0.2) is 18.2 Å². The Kier molecular flexibility index (Phi) is 3.42. The molecular formula is C9H12N2O2. The summed E-state index contributed by atoms with van der Waals surface area (Å²) in [5.74, 6) is -0.270. The molecule has 0 heterocycles. The first-order valence-corrected chi connectivity index (χ1v) is 3.95. The second-order valence-electron chi connectivity index (χ2n) is 2.59. The first kappa shape index (κ1) is 9.70. The van der Waals surface area contributed by atoms with E-state index in [1.807, 2.05) is 23.7 Å². The highest BCUT2D eigenvalue weighted by Gasteiger charge is 2.17. The summed E-state index contributed by atoms with van der Waals surface area (Å²) in [6.45, 7) is 0. The molecule has 1 aromatic rings. The summed E-state index contributed by atoms with van der Waals surface area (Å²) in [5, 5.41) is 11.2. The van der Waals surface area contributed by atoms with Crippen LogP contribution in [0, 0.1) is 0 Å². The number of amides is 1. The van der Waals surface area contributed by atoms with E-state index in [1.54, 1.807) is 12.1 Å². The molecule has 0 fully saturated rings. The normalized spacial score (nSPS) is 12.2. The van der Waals surface area contributed by atoms with Crippen molar-refractivity contribution in [2.45, 2.75) is 6.04 Å². The maximum Gasteiger partial charge on any atom is 0.243 e. The van der Waals surface area contributed by atoms with Crippen LogP contribution in [0.25, 0.3) is 0 Å². The Bertz CT molecular complexity index is 274. The summed E-state index contributed by atoms with van der Waals surface area (Å²) in [7, 11) is 1.52. The average molecular weight is 180 g/mol. The van der Waals surface area contributed by atoms with Crippen molar-refractivity contribution >= 4 is 5.91 Å². The number of hydroxylamine groups is 1. The molecule has 4 heteroatoms. The van der Waals surface area contributed by atoms with E-state index in [-0.39, 0.29) is 5.91 Å². The van der Waals surface area contributed by atoms with Crippen LogP contribution in [0.15, 0.2) is 30.3 Å². The highest BCUT2D eigenvalue weighted by atomic mass is 16.5. The van der Waals surface area contributed by atoms with E-state index in [0.29, 0.717) is 0 Å². The number of carbonyl (C=O) groups excluding carboxylic acids is 1. The SMILES string of the molecule is CNC(=O)C(NO)c1ccccc1. The molecule has 1 unspecified atom stereocenters. The molecule has 1 atom stereocenters. The monoisotopic (exact) mass is 180 g/mol. The maximum absolute atomic E-state index is 11.2. The third-order valence-electron chi connectivity index (χ3n) is 1.77. The van der Waals surface area contributed by atoms with Crippen molar-refractivity contribution < 1.29 is 10.0 Å². The van der Waals surface area contributed by atoms with Crippen LogP contribution < -0.4 is 10.8 Å². The summed E-state index contributed by atoms with van der Waals surface area (Å²) in [4.78, 5) is 11.2. The highest BCUT2D eigenvalue weighted by molar-refractivity contribution is 5.82. The predicted molar refractivity (Wildman–Crippen MR) is 48.2 cm³/mol. The van der Waals surface area contributed by atoms with E-state index in [9.17, 15) is 4.79 Å². The third-order valence-corrected chi connectivity index (χ3v) is 1.77. The number of rotatable bonds is 3. The maximum atomic E-state index is 11.2. The van der Waals surface area contributed by atoms with Gasteiger partial charge in [0.15, 0.2) is 0 Å². The minimum absolute atomic E-state index is 0.270. The molecule has 13 heavy (non-hydrogen) atoms. The summed E-state index contributed by atoms with van der Waals surface area (Å²) in [6, 6.07) is 8.30. The van der Waals surface area contributed by atoms with Gasteiger partial charge in [0.2, 0.25) is 5.91 Å². The van der Waals surface area contributed by atoms with E-state index in [1.165, 1.54) is 7.05 Å². The average Bonchev–Trinajstić information content (AvgIpc) is 2.20. The lowest BCUT2D eigenvalue weighted by atomic mass is 10.1. The Hall–Kier alpha value is -1.39. The van der Waals surface area contributed by atoms with Crippen LogP contribution in [0.5, 0.6) is 0 Å². The van der Waals surface area contributed by atoms with E-state index in [4.69, 9.17) is 5.21 Å². The fraction of sp³-hybridized carbons (Fsp3) is 0.222. The van der Waals surface area contributed by atoms with Gasteiger partial charge in [-0.1, -0.05) is 30.3 Å². The lowest BCUT2D eigenvalue weighted by molar-refractivity contribution is -0.125. The minimum atomic E-state index is -0.703. The first-order chi connectivity index (χ1) is 6.29. The molecule has 0 aliphatic carbocycles. The van der Waals surface area contributed by atoms with Crippen molar-refractivity contribution in [1.82, 2.24) is 10.8 Å². The molecular weight excluding hydrogens is 168 g/mol. The molecule has 1 aromatic carbocycles. The van der Waals surface area contributed by atoms with Gasteiger partial charge >= 0.3 is 0 Å². The first-order valence-electron chi connectivity index (χ1n) is 3.95. The molecule has 4 nitrogen and oxygen atoms in total. The van der Waals surface area contributed by atoms with Crippen molar-refractivity contribution in [3.63, 3.8) is 0 Å². The molecule has 1 amide bonds. The number of benzene rings is 1. The van der Waals surface area contributed by atoms with E-state index >= 15 is 0 Å². The molecule has 70 valence electrons. The standard InChI is InChI=1S/C9H12N2O2/c1-10-9(12)8(11-13)7-5-3-2-4-6-7/h2-6,8,11,13H,1H3,(H,10,12). The summed E-state index contributed by atoms with van der Waals surface area (Å²) in [6.07, 6.45) is 0. The van der Waals surface area contributed by atoms with E-state index < -0.39 is 6.04 Å². The number of nitrogens with one attached hydrogen (secondary N) is 2. The predicted octanol–water partition coefficient (Wildman–Crippen LogP) is 0.452. The Labute approximate surface area is 76.5 Å². The Morgan fingerprint density at radius 3 is 2.46 bits per heavy atom. The lowest BCUT2D eigenvalue weighted by Crippen LogP contribution is -2.33. The zero-order valence-corrected chi connectivity index (χ0v) is 7.32. The molecule has 0 saturated carbocycles. The third kappa shape index (κ3) is 2.27. The lowest BCUT2D eigenvalue weighted by Gasteiger charge is -2.12. The number of likely N-dealkylation sites (N-methyl/N-ethyl adjacent to an activating group) is 1. The van der Waals surface area contributed by atoms with Crippen molar-refractivity contribution in [3.05, 3.63) is 35.9 Å². The second kappa shape index (κ2) is 4.59. The van der Waals surface area contributed by atoms with Crippen LogP contribution in [0.2, 0.25) is 0 Å².